The zero-order valence-corrected chi connectivity index (χ0v) is 14.2. The van der Waals surface area contributed by atoms with Gasteiger partial charge in [-0.05, 0) is 12.8 Å². The molecule has 4 amide bonds. The smallest absolute Gasteiger partial charge is 0.242 e. The minimum Gasteiger partial charge on any atom is -0.369 e. The maximum absolute atomic E-state index is 12.6. The SMILES string of the molecule is CC(=O)N1CCN(C(=O)CN2CCCCCC2=O)C[C@@H](C(N)=O)C1. The number of primary amides is 1. The van der Waals surface area contributed by atoms with E-state index in [0.717, 1.165) is 19.3 Å². The van der Waals surface area contributed by atoms with Gasteiger partial charge in [0.25, 0.3) is 0 Å². The Morgan fingerprint density at radius 2 is 1.71 bits per heavy atom. The molecule has 0 aliphatic carbocycles. The van der Waals surface area contributed by atoms with Crippen molar-refractivity contribution in [2.45, 2.75) is 32.6 Å². The lowest BCUT2D eigenvalue weighted by atomic mass is 10.1. The van der Waals surface area contributed by atoms with Crippen molar-refractivity contribution in [3.05, 3.63) is 0 Å². The van der Waals surface area contributed by atoms with Gasteiger partial charge in [0.2, 0.25) is 23.6 Å². The Balaban J connectivity index is 2.03. The first-order valence-corrected chi connectivity index (χ1v) is 8.49. The summed E-state index contributed by atoms with van der Waals surface area (Å²) in [5.41, 5.74) is 5.41. The van der Waals surface area contributed by atoms with Crippen molar-refractivity contribution in [1.29, 1.82) is 0 Å². The zero-order chi connectivity index (χ0) is 17.7. The Morgan fingerprint density at radius 1 is 1.04 bits per heavy atom. The van der Waals surface area contributed by atoms with Crippen molar-refractivity contribution in [2.24, 2.45) is 11.7 Å². The van der Waals surface area contributed by atoms with Crippen LogP contribution in [0.1, 0.15) is 32.6 Å². The number of nitrogens with two attached hydrogens (primary N) is 1. The van der Waals surface area contributed by atoms with Crippen LogP contribution in [0.2, 0.25) is 0 Å². The number of likely N-dealkylation sites (tertiary alicyclic amines) is 1. The van der Waals surface area contributed by atoms with Crippen LogP contribution >= 0.6 is 0 Å². The molecule has 2 rings (SSSR count). The number of nitrogens with zero attached hydrogens (tertiary/aromatic N) is 3. The second kappa shape index (κ2) is 8.12. The van der Waals surface area contributed by atoms with E-state index in [1.54, 1.807) is 14.7 Å². The van der Waals surface area contributed by atoms with E-state index >= 15 is 0 Å². The van der Waals surface area contributed by atoms with E-state index in [9.17, 15) is 19.2 Å². The number of hydrogen-bond acceptors (Lipinski definition) is 4. The van der Waals surface area contributed by atoms with Gasteiger partial charge in [-0.1, -0.05) is 6.42 Å². The van der Waals surface area contributed by atoms with Gasteiger partial charge in [0.15, 0.2) is 0 Å². The van der Waals surface area contributed by atoms with Crippen LogP contribution in [0, 0.1) is 5.92 Å². The molecule has 2 fully saturated rings. The lowest BCUT2D eigenvalue weighted by Gasteiger charge is -2.26. The van der Waals surface area contributed by atoms with Crippen LogP contribution in [-0.2, 0) is 19.2 Å². The van der Waals surface area contributed by atoms with Crippen molar-refractivity contribution in [3.63, 3.8) is 0 Å². The van der Waals surface area contributed by atoms with Crippen molar-refractivity contribution in [3.8, 4) is 0 Å². The number of rotatable bonds is 3. The fourth-order valence-electron chi connectivity index (χ4n) is 3.18. The summed E-state index contributed by atoms with van der Waals surface area (Å²) in [5.74, 6) is -1.43. The van der Waals surface area contributed by atoms with E-state index in [0.29, 0.717) is 26.1 Å². The largest absolute Gasteiger partial charge is 0.369 e. The standard InChI is InChI=1S/C16H26N4O4/c1-12(21)18-7-8-20(10-13(9-18)16(17)24)15(23)11-19-6-4-2-3-5-14(19)22/h13H,2-11H2,1H3,(H2,17,24)/t13-/m0/s1. The minimum atomic E-state index is -0.583. The Bertz CT molecular complexity index is 522. The first-order valence-electron chi connectivity index (χ1n) is 8.49. The van der Waals surface area contributed by atoms with Gasteiger partial charge in [0.05, 0.1) is 12.5 Å². The van der Waals surface area contributed by atoms with Crippen molar-refractivity contribution in [1.82, 2.24) is 14.7 Å². The average Bonchev–Trinajstić information content (AvgIpc) is 2.86. The van der Waals surface area contributed by atoms with Gasteiger partial charge in [-0.3, -0.25) is 19.2 Å². The Morgan fingerprint density at radius 3 is 2.38 bits per heavy atom. The molecule has 2 heterocycles. The van der Waals surface area contributed by atoms with E-state index < -0.39 is 11.8 Å². The highest BCUT2D eigenvalue weighted by Gasteiger charge is 2.31. The van der Waals surface area contributed by atoms with Gasteiger partial charge >= 0.3 is 0 Å². The van der Waals surface area contributed by atoms with Crippen molar-refractivity contribution < 1.29 is 19.2 Å². The van der Waals surface area contributed by atoms with E-state index in [1.807, 2.05) is 0 Å². The highest BCUT2D eigenvalue weighted by Crippen LogP contribution is 2.14. The predicted octanol–water partition coefficient (Wildman–Crippen LogP) is -0.819. The maximum atomic E-state index is 12.6. The summed E-state index contributed by atoms with van der Waals surface area (Å²) in [6, 6.07) is 0. The van der Waals surface area contributed by atoms with Crippen molar-refractivity contribution >= 4 is 23.6 Å². The van der Waals surface area contributed by atoms with Crippen LogP contribution in [0.3, 0.4) is 0 Å². The monoisotopic (exact) mass is 338 g/mol. The maximum Gasteiger partial charge on any atom is 0.242 e. The van der Waals surface area contributed by atoms with Crippen LogP contribution in [-0.4, -0.2) is 77.6 Å². The predicted molar refractivity (Wildman–Crippen MR) is 86.6 cm³/mol. The molecule has 2 aliphatic heterocycles. The molecule has 0 aromatic rings. The minimum absolute atomic E-state index is 0.00693. The molecule has 24 heavy (non-hydrogen) atoms. The molecule has 0 aromatic heterocycles. The number of hydrogen-bond donors (Lipinski definition) is 1. The molecule has 0 spiro atoms. The summed E-state index contributed by atoms with van der Waals surface area (Å²) in [4.78, 5) is 52.6. The van der Waals surface area contributed by atoms with E-state index in [4.69, 9.17) is 5.73 Å². The second-order valence-electron chi connectivity index (χ2n) is 6.53. The van der Waals surface area contributed by atoms with Gasteiger partial charge in [0.1, 0.15) is 0 Å². The van der Waals surface area contributed by atoms with Crippen LogP contribution < -0.4 is 5.73 Å². The zero-order valence-electron chi connectivity index (χ0n) is 14.2. The van der Waals surface area contributed by atoms with Crippen LogP contribution in [0.25, 0.3) is 0 Å². The van der Waals surface area contributed by atoms with Gasteiger partial charge < -0.3 is 20.4 Å². The van der Waals surface area contributed by atoms with Gasteiger partial charge in [-0.15, -0.1) is 0 Å². The molecule has 8 heteroatoms. The molecule has 0 radical (unpaired) electrons. The molecule has 0 aromatic carbocycles. The number of carbonyl (C=O) groups excluding carboxylic acids is 4. The highest BCUT2D eigenvalue weighted by molar-refractivity contribution is 5.86. The first-order chi connectivity index (χ1) is 11.4. The molecule has 2 aliphatic rings. The third kappa shape index (κ3) is 4.69. The molecule has 134 valence electrons. The Labute approximate surface area is 141 Å². The fraction of sp³-hybridized carbons (Fsp3) is 0.750. The van der Waals surface area contributed by atoms with Crippen LogP contribution in [0.15, 0.2) is 0 Å². The second-order valence-corrected chi connectivity index (χ2v) is 6.53. The number of carbonyl (C=O) groups is 4. The summed E-state index contributed by atoms with van der Waals surface area (Å²) < 4.78 is 0. The summed E-state index contributed by atoms with van der Waals surface area (Å²) in [6.07, 6.45) is 3.25. The summed E-state index contributed by atoms with van der Waals surface area (Å²) >= 11 is 0. The van der Waals surface area contributed by atoms with E-state index in [-0.39, 0.29) is 37.4 Å². The third-order valence-electron chi connectivity index (χ3n) is 4.72. The Hall–Kier alpha value is -2.12. The lowest BCUT2D eigenvalue weighted by Crippen LogP contribution is -2.46. The van der Waals surface area contributed by atoms with Gasteiger partial charge in [-0.2, -0.15) is 0 Å². The molecule has 0 bridgehead atoms. The molecule has 1 atom stereocenters. The van der Waals surface area contributed by atoms with E-state index in [1.165, 1.54) is 6.92 Å². The summed E-state index contributed by atoms with van der Waals surface area (Å²) in [6.45, 7) is 3.22. The topological polar surface area (TPSA) is 104 Å². The van der Waals surface area contributed by atoms with Crippen LogP contribution in [0.5, 0.6) is 0 Å². The van der Waals surface area contributed by atoms with Crippen LogP contribution in [0.4, 0.5) is 0 Å². The lowest BCUT2D eigenvalue weighted by molar-refractivity contribution is -0.140. The summed E-state index contributed by atoms with van der Waals surface area (Å²) in [5, 5.41) is 0. The highest BCUT2D eigenvalue weighted by atomic mass is 16.2. The fourth-order valence-corrected chi connectivity index (χ4v) is 3.18. The Kier molecular flexibility index (Phi) is 6.16. The summed E-state index contributed by atoms with van der Waals surface area (Å²) in [7, 11) is 0. The van der Waals surface area contributed by atoms with E-state index in [2.05, 4.69) is 0 Å². The number of amides is 4. The quantitative estimate of drug-likeness (QED) is 0.726. The molecule has 0 unspecified atom stereocenters. The molecule has 2 saturated heterocycles. The molecular formula is C16H26N4O4. The molecule has 2 N–H and O–H groups in total. The van der Waals surface area contributed by atoms with Crippen molar-refractivity contribution in [2.75, 3.05) is 39.3 Å². The third-order valence-corrected chi connectivity index (χ3v) is 4.72. The first kappa shape index (κ1) is 18.2. The average molecular weight is 338 g/mol. The molecule has 0 saturated carbocycles. The molecular weight excluding hydrogens is 312 g/mol. The van der Waals surface area contributed by atoms with Gasteiger partial charge in [-0.25, -0.2) is 0 Å². The van der Waals surface area contributed by atoms with Gasteiger partial charge in [0, 0.05) is 46.1 Å². The normalized spacial score (nSPS) is 22.8. The molecule has 8 nitrogen and oxygen atoms in total.